The highest BCUT2D eigenvalue weighted by Crippen LogP contribution is 2.16. The van der Waals surface area contributed by atoms with Gasteiger partial charge in [-0.25, -0.2) is 9.97 Å². The maximum absolute atomic E-state index is 4.72. The summed E-state index contributed by atoms with van der Waals surface area (Å²) in [7, 11) is 0. The van der Waals surface area contributed by atoms with E-state index in [1.807, 2.05) is 18.0 Å². The molecule has 0 amide bonds. The standard InChI is InChI=1S/C14H25N3S/c1-5-7-13-12(8-15-6-2)9-16-14(17-13)10-18-11(3)4/h9,11,15H,5-8,10H2,1-4H3. The van der Waals surface area contributed by atoms with Crippen molar-refractivity contribution in [3.63, 3.8) is 0 Å². The zero-order chi connectivity index (χ0) is 13.4. The van der Waals surface area contributed by atoms with Crippen molar-refractivity contribution in [1.82, 2.24) is 15.3 Å². The van der Waals surface area contributed by atoms with Crippen LogP contribution in [0.15, 0.2) is 6.20 Å². The zero-order valence-corrected chi connectivity index (χ0v) is 12.8. The van der Waals surface area contributed by atoms with Crippen LogP contribution in [0.4, 0.5) is 0 Å². The summed E-state index contributed by atoms with van der Waals surface area (Å²) in [6.45, 7) is 10.6. The van der Waals surface area contributed by atoms with E-state index in [4.69, 9.17) is 4.98 Å². The molecule has 18 heavy (non-hydrogen) atoms. The topological polar surface area (TPSA) is 37.8 Å². The molecule has 1 rings (SSSR count). The molecule has 0 saturated carbocycles. The van der Waals surface area contributed by atoms with Crippen molar-refractivity contribution in [3.05, 3.63) is 23.3 Å². The predicted octanol–water partition coefficient (Wildman–Crippen LogP) is 3.18. The van der Waals surface area contributed by atoms with Crippen LogP contribution in [-0.2, 0) is 18.7 Å². The summed E-state index contributed by atoms with van der Waals surface area (Å²) < 4.78 is 0. The van der Waals surface area contributed by atoms with Crippen LogP contribution in [0.25, 0.3) is 0 Å². The molecule has 1 aromatic rings. The third kappa shape index (κ3) is 5.36. The molecule has 1 aromatic heterocycles. The van der Waals surface area contributed by atoms with Crippen molar-refractivity contribution in [2.24, 2.45) is 0 Å². The molecule has 0 unspecified atom stereocenters. The van der Waals surface area contributed by atoms with Gasteiger partial charge in [-0.05, 0) is 18.2 Å². The fourth-order valence-corrected chi connectivity index (χ4v) is 2.28. The maximum Gasteiger partial charge on any atom is 0.138 e. The molecule has 0 aliphatic heterocycles. The Labute approximate surface area is 115 Å². The summed E-state index contributed by atoms with van der Waals surface area (Å²) in [6, 6.07) is 0. The van der Waals surface area contributed by atoms with Crippen molar-refractivity contribution in [2.45, 2.75) is 58.1 Å². The summed E-state index contributed by atoms with van der Waals surface area (Å²) in [5, 5.41) is 3.98. The van der Waals surface area contributed by atoms with E-state index in [0.29, 0.717) is 5.25 Å². The van der Waals surface area contributed by atoms with Crippen LogP contribution in [0, 0.1) is 0 Å². The van der Waals surface area contributed by atoms with Gasteiger partial charge in [-0.15, -0.1) is 0 Å². The summed E-state index contributed by atoms with van der Waals surface area (Å²) in [5.41, 5.74) is 2.46. The molecular formula is C14H25N3S. The third-order valence-electron chi connectivity index (χ3n) is 2.60. The second kappa shape index (κ2) is 8.48. The van der Waals surface area contributed by atoms with Gasteiger partial charge in [0.25, 0.3) is 0 Å². The highest BCUT2D eigenvalue weighted by molar-refractivity contribution is 7.99. The van der Waals surface area contributed by atoms with Gasteiger partial charge in [-0.1, -0.05) is 34.1 Å². The number of nitrogens with one attached hydrogen (secondary N) is 1. The summed E-state index contributed by atoms with van der Waals surface area (Å²) >= 11 is 1.89. The van der Waals surface area contributed by atoms with Crippen LogP contribution in [0.5, 0.6) is 0 Å². The molecule has 1 N–H and O–H groups in total. The van der Waals surface area contributed by atoms with Crippen molar-refractivity contribution in [1.29, 1.82) is 0 Å². The predicted molar refractivity (Wildman–Crippen MR) is 79.8 cm³/mol. The van der Waals surface area contributed by atoms with Gasteiger partial charge in [-0.3, -0.25) is 0 Å². The molecular weight excluding hydrogens is 242 g/mol. The van der Waals surface area contributed by atoms with Crippen molar-refractivity contribution in [2.75, 3.05) is 6.54 Å². The number of hydrogen-bond acceptors (Lipinski definition) is 4. The Bertz CT molecular complexity index is 353. The van der Waals surface area contributed by atoms with Crippen LogP contribution in [0.2, 0.25) is 0 Å². The Morgan fingerprint density at radius 3 is 2.72 bits per heavy atom. The fraction of sp³-hybridized carbons (Fsp3) is 0.714. The molecule has 0 saturated heterocycles. The van der Waals surface area contributed by atoms with Crippen LogP contribution < -0.4 is 5.32 Å². The SMILES string of the molecule is CCCc1nc(CSC(C)C)ncc1CNCC. The van der Waals surface area contributed by atoms with Crippen LogP contribution in [-0.4, -0.2) is 21.8 Å². The second-order valence-electron chi connectivity index (χ2n) is 4.65. The van der Waals surface area contributed by atoms with Gasteiger partial charge in [-0.2, -0.15) is 11.8 Å². The number of aromatic nitrogens is 2. The van der Waals surface area contributed by atoms with E-state index in [1.54, 1.807) is 0 Å². The Kier molecular flexibility index (Phi) is 7.28. The molecule has 0 aliphatic carbocycles. The van der Waals surface area contributed by atoms with Gasteiger partial charge in [0, 0.05) is 24.0 Å². The van der Waals surface area contributed by atoms with Gasteiger partial charge in [0.15, 0.2) is 0 Å². The molecule has 0 spiro atoms. The fourth-order valence-electron chi connectivity index (χ4n) is 1.65. The molecule has 0 atom stereocenters. The van der Waals surface area contributed by atoms with E-state index >= 15 is 0 Å². The van der Waals surface area contributed by atoms with Gasteiger partial charge < -0.3 is 5.32 Å². The number of thioether (sulfide) groups is 1. The number of aryl methyl sites for hydroxylation is 1. The maximum atomic E-state index is 4.72. The normalized spacial score (nSPS) is 11.2. The van der Waals surface area contributed by atoms with E-state index < -0.39 is 0 Å². The van der Waals surface area contributed by atoms with Crippen LogP contribution in [0.1, 0.15) is 51.2 Å². The minimum Gasteiger partial charge on any atom is -0.313 e. The first-order valence-electron chi connectivity index (χ1n) is 6.83. The highest BCUT2D eigenvalue weighted by atomic mass is 32.2. The zero-order valence-electron chi connectivity index (χ0n) is 12.0. The van der Waals surface area contributed by atoms with E-state index in [1.165, 1.54) is 11.3 Å². The summed E-state index contributed by atoms with van der Waals surface area (Å²) in [6.07, 6.45) is 4.17. The monoisotopic (exact) mass is 267 g/mol. The number of rotatable bonds is 8. The van der Waals surface area contributed by atoms with E-state index in [0.717, 1.165) is 37.5 Å². The first kappa shape index (κ1) is 15.4. The van der Waals surface area contributed by atoms with Crippen molar-refractivity contribution in [3.8, 4) is 0 Å². The van der Waals surface area contributed by atoms with Gasteiger partial charge in [0.1, 0.15) is 5.82 Å². The Hall–Kier alpha value is -0.610. The Morgan fingerprint density at radius 1 is 1.33 bits per heavy atom. The lowest BCUT2D eigenvalue weighted by molar-refractivity contribution is 0.702. The molecule has 102 valence electrons. The lowest BCUT2D eigenvalue weighted by atomic mass is 10.1. The molecule has 0 aromatic carbocycles. The molecule has 0 fully saturated rings. The molecule has 0 aliphatic rings. The highest BCUT2D eigenvalue weighted by Gasteiger charge is 2.07. The van der Waals surface area contributed by atoms with E-state index in [9.17, 15) is 0 Å². The lowest BCUT2D eigenvalue weighted by Gasteiger charge is -2.10. The average molecular weight is 267 g/mol. The van der Waals surface area contributed by atoms with Gasteiger partial charge in [0.2, 0.25) is 0 Å². The molecule has 0 radical (unpaired) electrons. The lowest BCUT2D eigenvalue weighted by Crippen LogP contribution is -2.15. The molecule has 4 heteroatoms. The molecule has 1 heterocycles. The van der Waals surface area contributed by atoms with Gasteiger partial charge in [0.05, 0.1) is 5.75 Å². The van der Waals surface area contributed by atoms with Crippen LogP contribution in [0.3, 0.4) is 0 Å². The minimum atomic E-state index is 0.629. The second-order valence-corrected chi connectivity index (χ2v) is 6.21. The molecule has 0 bridgehead atoms. The van der Waals surface area contributed by atoms with Crippen molar-refractivity contribution < 1.29 is 0 Å². The number of nitrogens with zero attached hydrogens (tertiary/aromatic N) is 2. The largest absolute Gasteiger partial charge is 0.313 e. The van der Waals surface area contributed by atoms with E-state index in [2.05, 4.69) is 38.0 Å². The Balaban J connectivity index is 2.74. The molecule has 3 nitrogen and oxygen atoms in total. The van der Waals surface area contributed by atoms with Crippen LogP contribution >= 0.6 is 11.8 Å². The smallest absolute Gasteiger partial charge is 0.138 e. The van der Waals surface area contributed by atoms with Gasteiger partial charge >= 0.3 is 0 Å². The van der Waals surface area contributed by atoms with Crippen molar-refractivity contribution >= 4 is 11.8 Å². The quantitative estimate of drug-likeness (QED) is 0.785. The summed E-state index contributed by atoms with van der Waals surface area (Å²) in [5.74, 6) is 1.88. The first-order valence-corrected chi connectivity index (χ1v) is 7.88. The average Bonchev–Trinajstić information content (AvgIpc) is 2.35. The Morgan fingerprint density at radius 2 is 2.11 bits per heavy atom. The summed E-state index contributed by atoms with van der Waals surface area (Å²) in [4.78, 5) is 9.19. The van der Waals surface area contributed by atoms with E-state index in [-0.39, 0.29) is 0 Å². The number of hydrogen-bond donors (Lipinski definition) is 1. The third-order valence-corrected chi connectivity index (χ3v) is 3.69. The first-order chi connectivity index (χ1) is 8.67. The minimum absolute atomic E-state index is 0.629.